The van der Waals surface area contributed by atoms with E-state index in [4.69, 9.17) is 5.73 Å². The van der Waals surface area contributed by atoms with Crippen molar-refractivity contribution in [1.82, 2.24) is 5.32 Å². The van der Waals surface area contributed by atoms with Crippen molar-refractivity contribution >= 4 is 27.5 Å². The average molecular weight is 349 g/mol. The number of amides is 1. The van der Waals surface area contributed by atoms with Crippen LogP contribution in [0.2, 0.25) is 0 Å². The maximum Gasteiger partial charge on any atom is 0.251 e. The molecule has 0 heterocycles. The fraction of sp³-hybridized carbons (Fsp3) is 0.188. The molecule has 1 amide bonds. The Morgan fingerprint density at radius 2 is 1.95 bits per heavy atom. The van der Waals surface area contributed by atoms with Gasteiger partial charge < -0.3 is 16.2 Å². The van der Waals surface area contributed by atoms with E-state index < -0.39 is 6.10 Å². The summed E-state index contributed by atoms with van der Waals surface area (Å²) < 4.78 is 0.929. The highest BCUT2D eigenvalue weighted by atomic mass is 79.9. The van der Waals surface area contributed by atoms with Crippen molar-refractivity contribution < 1.29 is 9.90 Å². The highest BCUT2D eigenvalue weighted by molar-refractivity contribution is 9.10. The Hall–Kier alpha value is -1.85. The zero-order valence-electron chi connectivity index (χ0n) is 11.6. The molecule has 4 N–H and O–H groups in total. The van der Waals surface area contributed by atoms with E-state index in [9.17, 15) is 9.90 Å². The number of rotatable bonds is 4. The third-order valence-electron chi connectivity index (χ3n) is 3.21. The van der Waals surface area contributed by atoms with Gasteiger partial charge in [0.2, 0.25) is 0 Å². The zero-order chi connectivity index (χ0) is 15.4. The van der Waals surface area contributed by atoms with Gasteiger partial charge in [-0.1, -0.05) is 28.1 Å². The summed E-state index contributed by atoms with van der Waals surface area (Å²) in [7, 11) is 0. The van der Waals surface area contributed by atoms with Gasteiger partial charge in [0.05, 0.1) is 6.10 Å². The fourth-order valence-corrected chi connectivity index (χ4v) is 2.48. The maximum atomic E-state index is 12.1. The van der Waals surface area contributed by atoms with Crippen LogP contribution in [0.25, 0.3) is 0 Å². The normalized spacial score (nSPS) is 12.0. The van der Waals surface area contributed by atoms with Gasteiger partial charge in [-0.3, -0.25) is 4.79 Å². The van der Waals surface area contributed by atoms with Crippen LogP contribution in [0.4, 0.5) is 5.69 Å². The molecule has 0 aromatic heterocycles. The Labute approximate surface area is 132 Å². The van der Waals surface area contributed by atoms with Crippen LogP contribution in [-0.4, -0.2) is 17.6 Å². The highest BCUT2D eigenvalue weighted by Crippen LogP contribution is 2.17. The standard InChI is InChI=1S/C16H17BrN2O2/c1-10-8-12(17)4-7-14(10)16(21)19-9-15(20)11-2-5-13(18)6-3-11/h2-8,15,20H,9,18H2,1H3,(H,19,21). The highest BCUT2D eigenvalue weighted by Gasteiger charge is 2.12. The number of anilines is 1. The van der Waals surface area contributed by atoms with Gasteiger partial charge in [0, 0.05) is 22.3 Å². The number of hydrogen-bond acceptors (Lipinski definition) is 3. The number of nitrogen functional groups attached to an aromatic ring is 1. The second kappa shape index (κ2) is 6.74. The van der Waals surface area contributed by atoms with E-state index in [1.165, 1.54) is 0 Å². The molecule has 0 aliphatic carbocycles. The predicted octanol–water partition coefficient (Wildman–Crippen LogP) is 2.80. The number of benzene rings is 2. The van der Waals surface area contributed by atoms with Crippen LogP contribution in [0.3, 0.4) is 0 Å². The Bertz CT molecular complexity index is 641. The summed E-state index contributed by atoms with van der Waals surface area (Å²) in [5, 5.41) is 12.8. The number of nitrogens with two attached hydrogens (primary N) is 1. The van der Waals surface area contributed by atoms with Crippen LogP contribution in [0.1, 0.15) is 27.6 Å². The summed E-state index contributed by atoms with van der Waals surface area (Å²) in [5.74, 6) is -0.200. The lowest BCUT2D eigenvalue weighted by Crippen LogP contribution is -2.28. The SMILES string of the molecule is Cc1cc(Br)ccc1C(=O)NCC(O)c1ccc(N)cc1. The maximum absolute atomic E-state index is 12.1. The predicted molar refractivity (Wildman–Crippen MR) is 87.0 cm³/mol. The molecule has 21 heavy (non-hydrogen) atoms. The van der Waals surface area contributed by atoms with Gasteiger partial charge in [0.25, 0.3) is 5.91 Å². The summed E-state index contributed by atoms with van der Waals surface area (Å²) in [5.41, 5.74) is 8.44. The number of halogens is 1. The molecule has 2 aromatic carbocycles. The lowest BCUT2D eigenvalue weighted by Gasteiger charge is -2.13. The van der Waals surface area contributed by atoms with Crippen molar-refractivity contribution in [2.45, 2.75) is 13.0 Å². The molecule has 0 saturated heterocycles. The number of carbonyl (C=O) groups excluding carboxylic acids is 1. The molecule has 0 spiro atoms. The van der Waals surface area contributed by atoms with Crippen molar-refractivity contribution in [2.75, 3.05) is 12.3 Å². The summed E-state index contributed by atoms with van der Waals surface area (Å²) in [6.07, 6.45) is -0.759. The zero-order valence-corrected chi connectivity index (χ0v) is 13.2. The second-order valence-electron chi connectivity index (χ2n) is 4.85. The minimum Gasteiger partial charge on any atom is -0.399 e. The first-order valence-corrected chi connectivity index (χ1v) is 7.34. The van der Waals surface area contributed by atoms with Gasteiger partial charge in [0.15, 0.2) is 0 Å². The number of nitrogens with one attached hydrogen (secondary N) is 1. The van der Waals surface area contributed by atoms with Crippen molar-refractivity contribution in [3.8, 4) is 0 Å². The number of aryl methyl sites for hydroxylation is 1. The molecule has 2 rings (SSSR count). The minimum atomic E-state index is -0.759. The van der Waals surface area contributed by atoms with Gasteiger partial charge in [-0.2, -0.15) is 0 Å². The Kier molecular flexibility index (Phi) is 4.98. The largest absolute Gasteiger partial charge is 0.399 e. The molecule has 1 unspecified atom stereocenters. The van der Waals surface area contributed by atoms with E-state index in [0.29, 0.717) is 11.3 Å². The first kappa shape index (κ1) is 15.5. The van der Waals surface area contributed by atoms with Crippen LogP contribution in [0, 0.1) is 6.92 Å². The van der Waals surface area contributed by atoms with Crippen LogP contribution in [0.5, 0.6) is 0 Å². The molecular weight excluding hydrogens is 332 g/mol. The smallest absolute Gasteiger partial charge is 0.251 e. The number of hydrogen-bond donors (Lipinski definition) is 3. The van der Waals surface area contributed by atoms with Crippen LogP contribution >= 0.6 is 15.9 Å². The number of aliphatic hydroxyl groups is 1. The second-order valence-corrected chi connectivity index (χ2v) is 5.77. The molecule has 5 heteroatoms. The van der Waals surface area contributed by atoms with Gasteiger partial charge in [0.1, 0.15) is 0 Å². The summed E-state index contributed by atoms with van der Waals surface area (Å²) >= 11 is 3.36. The summed E-state index contributed by atoms with van der Waals surface area (Å²) in [4.78, 5) is 12.1. The van der Waals surface area contributed by atoms with E-state index in [-0.39, 0.29) is 12.5 Å². The van der Waals surface area contributed by atoms with Crippen LogP contribution in [-0.2, 0) is 0 Å². The first-order valence-electron chi connectivity index (χ1n) is 6.55. The number of aliphatic hydroxyl groups excluding tert-OH is 1. The van der Waals surface area contributed by atoms with Gasteiger partial charge >= 0.3 is 0 Å². The monoisotopic (exact) mass is 348 g/mol. The molecule has 0 saturated carbocycles. The molecule has 0 radical (unpaired) electrons. The lowest BCUT2D eigenvalue weighted by molar-refractivity contribution is 0.0915. The Balaban J connectivity index is 1.99. The van der Waals surface area contributed by atoms with Crippen molar-refractivity contribution in [2.24, 2.45) is 0 Å². The molecule has 2 aromatic rings. The molecule has 1 atom stereocenters. The van der Waals surface area contributed by atoms with Gasteiger partial charge in [-0.15, -0.1) is 0 Å². The topological polar surface area (TPSA) is 75.3 Å². The van der Waals surface area contributed by atoms with Crippen molar-refractivity contribution in [3.05, 3.63) is 63.6 Å². The van der Waals surface area contributed by atoms with E-state index in [2.05, 4.69) is 21.2 Å². The van der Waals surface area contributed by atoms with Crippen molar-refractivity contribution in [3.63, 3.8) is 0 Å². The number of carbonyl (C=O) groups is 1. The van der Waals surface area contributed by atoms with Crippen molar-refractivity contribution in [1.29, 1.82) is 0 Å². The third kappa shape index (κ3) is 4.06. The van der Waals surface area contributed by atoms with Gasteiger partial charge in [-0.25, -0.2) is 0 Å². The first-order chi connectivity index (χ1) is 9.97. The van der Waals surface area contributed by atoms with E-state index >= 15 is 0 Å². The third-order valence-corrected chi connectivity index (χ3v) is 3.70. The Morgan fingerprint density at radius 1 is 1.29 bits per heavy atom. The molecule has 0 fully saturated rings. The quantitative estimate of drug-likeness (QED) is 0.743. The van der Waals surface area contributed by atoms with Crippen LogP contribution < -0.4 is 11.1 Å². The average Bonchev–Trinajstić information content (AvgIpc) is 2.45. The van der Waals surface area contributed by atoms with E-state index in [0.717, 1.165) is 15.6 Å². The molecule has 0 aliphatic heterocycles. The van der Waals surface area contributed by atoms with E-state index in [1.54, 1.807) is 30.3 Å². The summed E-state index contributed by atoms with van der Waals surface area (Å²) in [6.45, 7) is 2.02. The van der Waals surface area contributed by atoms with E-state index in [1.807, 2.05) is 19.1 Å². The molecule has 4 nitrogen and oxygen atoms in total. The Morgan fingerprint density at radius 3 is 2.57 bits per heavy atom. The lowest BCUT2D eigenvalue weighted by atomic mass is 10.1. The van der Waals surface area contributed by atoms with Crippen LogP contribution in [0.15, 0.2) is 46.9 Å². The molecule has 110 valence electrons. The molecule has 0 bridgehead atoms. The molecular formula is C16H17BrN2O2. The summed E-state index contributed by atoms with van der Waals surface area (Å²) in [6, 6.07) is 12.4. The fourth-order valence-electron chi connectivity index (χ4n) is 2.00. The minimum absolute atomic E-state index is 0.151. The molecule has 0 aliphatic rings. The van der Waals surface area contributed by atoms with Gasteiger partial charge in [-0.05, 0) is 48.4 Å².